The van der Waals surface area contributed by atoms with E-state index >= 15 is 0 Å². The number of benzene rings is 2. The van der Waals surface area contributed by atoms with Gasteiger partial charge in [0.25, 0.3) is 0 Å². The zero-order valence-corrected chi connectivity index (χ0v) is 19.0. The molecule has 0 aliphatic heterocycles. The molecule has 12 heteroatoms. The first-order chi connectivity index (χ1) is 14.5. The number of rotatable bonds is 7. The third-order valence-electron chi connectivity index (χ3n) is 3.94. The van der Waals surface area contributed by atoms with E-state index in [-0.39, 0.29) is 32.5 Å². The van der Waals surface area contributed by atoms with Crippen LogP contribution in [0.15, 0.2) is 36.4 Å². The number of methoxy groups -OCH3 is 2. The first-order valence-electron chi connectivity index (χ1n) is 8.50. The minimum absolute atomic E-state index is 0.00912. The molecule has 9 nitrogen and oxygen atoms in total. The number of anilines is 2. The molecule has 31 heavy (non-hydrogen) atoms. The molecule has 166 valence electrons. The van der Waals surface area contributed by atoms with Crippen molar-refractivity contribution in [1.29, 1.82) is 0 Å². The van der Waals surface area contributed by atoms with Gasteiger partial charge in [-0.05, 0) is 36.4 Å². The van der Waals surface area contributed by atoms with Gasteiger partial charge in [-0.2, -0.15) is 0 Å². The molecule has 0 fully saturated rings. The van der Waals surface area contributed by atoms with E-state index in [2.05, 4.69) is 14.8 Å². The van der Waals surface area contributed by atoms with E-state index < -0.39 is 34.4 Å². The fourth-order valence-electron chi connectivity index (χ4n) is 2.54. The molecule has 0 spiro atoms. The maximum Gasteiger partial charge on any atom is 0.337 e. The molecule has 2 rings (SSSR count). The van der Waals surface area contributed by atoms with E-state index in [4.69, 9.17) is 23.2 Å². The fourth-order valence-corrected chi connectivity index (χ4v) is 3.68. The molecule has 0 unspecified atom stereocenters. The van der Waals surface area contributed by atoms with Crippen LogP contribution >= 0.6 is 23.2 Å². The zero-order valence-electron chi connectivity index (χ0n) is 16.6. The van der Waals surface area contributed by atoms with Crippen molar-refractivity contribution < 1.29 is 32.3 Å². The van der Waals surface area contributed by atoms with Gasteiger partial charge >= 0.3 is 11.9 Å². The van der Waals surface area contributed by atoms with Gasteiger partial charge in [0, 0.05) is 5.69 Å². The Morgan fingerprint density at radius 3 is 1.94 bits per heavy atom. The molecular formula is C19H18Cl2N2O7S. The molecule has 0 atom stereocenters. The molecular weight excluding hydrogens is 471 g/mol. The molecule has 2 aromatic carbocycles. The van der Waals surface area contributed by atoms with Gasteiger partial charge in [0.15, 0.2) is 0 Å². The van der Waals surface area contributed by atoms with Gasteiger partial charge in [-0.25, -0.2) is 18.0 Å². The number of hydrogen-bond acceptors (Lipinski definition) is 7. The summed E-state index contributed by atoms with van der Waals surface area (Å²) in [6.07, 6.45) is 0.927. The molecule has 0 bridgehead atoms. The van der Waals surface area contributed by atoms with Crippen LogP contribution in [0.3, 0.4) is 0 Å². The molecule has 0 heterocycles. The summed E-state index contributed by atoms with van der Waals surface area (Å²) in [7, 11) is -1.54. The van der Waals surface area contributed by atoms with Crippen molar-refractivity contribution in [3.63, 3.8) is 0 Å². The Morgan fingerprint density at radius 1 is 0.935 bits per heavy atom. The van der Waals surface area contributed by atoms with Crippen molar-refractivity contribution in [3.8, 4) is 0 Å². The maximum absolute atomic E-state index is 12.6. The Morgan fingerprint density at radius 2 is 1.48 bits per heavy atom. The summed E-state index contributed by atoms with van der Waals surface area (Å²) in [5.74, 6) is -2.22. The number of amides is 1. The predicted molar refractivity (Wildman–Crippen MR) is 116 cm³/mol. The SMILES string of the molecule is COC(=O)c1cc(NC(=O)CN(c2ccc(Cl)c(Cl)c2)S(C)(=O)=O)cc(C(=O)OC)c1. The van der Waals surface area contributed by atoms with Crippen LogP contribution in [0.5, 0.6) is 0 Å². The number of ether oxygens (including phenoxy) is 2. The van der Waals surface area contributed by atoms with Crippen molar-refractivity contribution >= 4 is 62.4 Å². The second-order valence-electron chi connectivity index (χ2n) is 6.20. The Hall–Kier alpha value is -2.82. The largest absolute Gasteiger partial charge is 0.465 e. The van der Waals surface area contributed by atoms with Gasteiger partial charge in [-0.1, -0.05) is 23.2 Å². The summed E-state index contributed by atoms with van der Waals surface area (Å²) in [4.78, 5) is 36.3. The van der Waals surface area contributed by atoms with Gasteiger partial charge in [0.1, 0.15) is 6.54 Å². The second kappa shape index (κ2) is 9.99. The Kier molecular flexibility index (Phi) is 7.88. The average Bonchev–Trinajstić information content (AvgIpc) is 2.71. The molecule has 0 radical (unpaired) electrons. The lowest BCUT2D eigenvalue weighted by Crippen LogP contribution is -2.37. The number of nitrogens with zero attached hydrogens (tertiary/aromatic N) is 1. The Bertz CT molecular complexity index is 1100. The number of hydrogen-bond donors (Lipinski definition) is 1. The van der Waals surface area contributed by atoms with Crippen LogP contribution in [0.4, 0.5) is 11.4 Å². The van der Waals surface area contributed by atoms with Crippen molar-refractivity contribution in [2.45, 2.75) is 0 Å². The highest BCUT2D eigenvalue weighted by atomic mass is 35.5. The molecule has 0 aromatic heterocycles. The number of esters is 2. The van der Waals surface area contributed by atoms with E-state index in [1.807, 2.05) is 0 Å². The van der Waals surface area contributed by atoms with Crippen LogP contribution in [-0.2, 0) is 24.3 Å². The molecule has 0 aliphatic rings. The van der Waals surface area contributed by atoms with Crippen LogP contribution in [0.1, 0.15) is 20.7 Å². The molecule has 2 aromatic rings. The average molecular weight is 489 g/mol. The monoisotopic (exact) mass is 488 g/mol. The highest BCUT2D eigenvalue weighted by molar-refractivity contribution is 7.92. The lowest BCUT2D eigenvalue weighted by Gasteiger charge is -2.22. The topological polar surface area (TPSA) is 119 Å². The quantitative estimate of drug-likeness (QED) is 0.594. The van der Waals surface area contributed by atoms with Crippen LogP contribution in [0, 0.1) is 0 Å². The highest BCUT2D eigenvalue weighted by Crippen LogP contribution is 2.28. The van der Waals surface area contributed by atoms with Crippen molar-refractivity contribution in [1.82, 2.24) is 0 Å². The summed E-state index contributed by atoms with van der Waals surface area (Å²) in [6, 6.07) is 7.91. The standard InChI is InChI=1S/C19H18Cl2N2O7S/c1-29-18(25)11-6-12(19(26)30-2)8-13(7-11)22-17(24)10-23(31(3,27)28)14-4-5-15(20)16(21)9-14/h4-9H,10H2,1-3H3,(H,22,24). The van der Waals surface area contributed by atoms with Gasteiger partial charge in [0.05, 0.1) is 47.3 Å². The predicted octanol–water partition coefficient (Wildman–Crippen LogP) is 2.97. The summed E-state index contributed by atoms with van der Waals surface area (Å²) in [5, 5.41) is 2.79. The summed E-state index contributed by atoms with van der Waals surface area (Å²) in [6.45, 7) is -0.604. The summed E-state index contributed by atoms with van der Waals surface area (Å²) >= 11 is 11.8. The second-order valence-corrected chi connectivity index (χ2v) is 8.92. The van der Waals surface area contributed by atoms with Crippen LogP contribution in [0.25, 0.3) is 0 Å². The Balaban J connectivity index is 2.35. The van der Waals surface area contributed by atoms with E-state index in [1.54, 1.807) is 0 Å². The third kappa shape index (κ3) is 6.33. The van der Waals surface area contributed by atoms with E-state index in [9.17, 15) is 22.8 Å². The molecule has 0 aliphatic carbocycles. The normalized spacial score (nSPS) is 10.9. The smallest absolute Gasteiger partial charge is 0.337 e. The van der Waals surface area contributed by atoms with Gasteiger partial charge in [-0.3, -0.25) is 9.10 Å². The first-order valence-corrected chi connectivity index (χ1v) is 11.1. The number of sulfonamides is 1. The number of nitrogens with one attached hydrogen (secondary N) is 1. The minimum Gasteiger partial charge on any atom is -0.465 e. The fraction of sp³-hybridized carbons (Fsp3) is 0.211. The van der Waals surface area contributed by atoms with Crippen molar-refractivity contribution in [3.05, 3.63) is 57.6 Å². The van der Waals surface area contributed by atoms with Crippen molar-refractivity contribution in [2.75, 3.05) is 36.6 Å². The summed E-state index contributed by atoms with van der Waals surface area (Å²) in [5.41, 5.74) is 0.178. The number of halogens is 2. The molecule has 0 saturated heterocycles. The minimum atomic E-state index is -3.86. The lowest BCUT2D eigenvalue weighted by atomic mass is 10.1. The van der Waals surface area contributed by atoms with Gasteiger partial charge in [0.2, 0.25) is 15.9 Å². The van der Waals surface area contributed by atoms with Crippen LogP contribution in [-0.4, -0.2) is 53.3 Å². The Labute approximate surface area is 188 Å². The van der Waals surface area contributed by atoms with E-state index in [1.165, 1.54) is 36.4 Å². The molecule has 0 saturated carbocycles. The molecule has 1 amide bonds. The lowest BCUT2D eigenvalue weighted by molar-refractivity contribution is -0.114. The van der Waals surface area contributed by atoms with Gasteiger partial charge < -0.3 is 14.8 Å². The van der Waals surface area contributed by atoms with Crippen LogP contribution < -0.4 is 9.62 Å². The van der Waals surface area contributed by atoms with E-state index in [0.29, 0.717) is 0 Å². The third-order valence-corrected chi connectivity index (χ3v) is 5.82. The molecule has 1 N–H and O–H groups in total. The zero-order chi connectivity index (χ0) is 23.3. The number of carbonyl (C=O) groups excluding carboxylic acids is 3. The summed E-state index contributed by atoms with van der Waals surface area (Å²) < 4.78 is 34.6. The van der Waals surface area contributed by atoms with E-state index in [0.717, 1.165) is 24.8 Å². The first kappa shape index (κ1) is 24.4. The maximum atomic E-state index is 12.6. The van der Waals surface area contributed by atoms with Crippen molar-refractivity contribution in [2.24, 2.45) is 0 Å². The number of carbonyl (C=O) groups is 3. The highest BCUT2D eigenvalue weighted by Gasteiger charge is 2.22. The van der Waals surface area contributed by atoms with Crippen LogP contribution in [0.2, 0.25) is 10.0 Å². The van der Waals surface area contributed by atoms with Gasteiger partial charge in [-0.15, -0.1) is 0 Å².